The second kappa shape index (κ2) is 6.73. The van der Waals surface area contributed by atoms with Crippen LogP contribution in [0.3, 0.4) is 0 Å². The Bertz CT molecular complexity index is 363. The van der Waals surface area contributed by atoms with Crippen molar-refractivity contribution in [1.82, 2.24) is 0 Å². The molecule has 1 aromatic rings. The second-order valence-electron chi connectivity index (χ2n) is 4.65. The van der Waals surface area contributed by atoms with E-state index in [-0.39, 0.29) is 6.61 Å². The van der Waals surface area contributed by atoms with E-state index in [4.69, 9.17) is 15.6 Å². The zero-order valence-corrected chi connectivity index (χ0v) is 10.7. The van der Waals surface area contributed by atoms with Crippen molar-refractivity contribution in [3.05, 3.63) is 29.8 Å². The number of aliphatic hydroxyl groups excluding tert-OH is 1. The van der Waals surface area contributed by atoms with Crippen LogP contribution in [-0.2, 0) is 11.3 Å². The van der Waals surface area contributed by atoms with Crippen molar-refractivity contribution in [3.63, 3.8) is 0 Å². The Morgan fingerprint density at radius 2 is 2.11 bits per heavy atom. The number of aliphatic hydroxyl groups is 1. The molecule has 100 valence electrons. The molecule has 1 heterocycles. The summed E-state index contributed by atoms with van der Waals surface area (Å²) in [6.45, 7) is 3.16. The Labute approximate surface area is 108 Å². The largest absolute Gasteiger partial charge is 0.394 e. The van der Waals surface area contributed by atoms with Crippen LogP contribution in [0, 0.1) is 0 Å². The molecule has 0 radical (unpaired) electrons. The number of nitrogens with zero attached hydrogens (tertiary/aromatic N) is 1. The second-order valence-corrected chi connectivity index (χ2v) is 4.65. The predicted octanol–water partition coefficient (Wildman–Crippen LogP) is 1.12. The summed E-state index contributed by atoms with van der Waals surface area (Å²) in [7, 11) is 0. The zero-order chi connectivity index (χ0) is 12.8. The molecule has 1 saturated heterocycles. The van der Waals surface area contributed by atoms with E-state index in [1.807, 2.05) is 0 Å². The fourth-order valence-electron chi connectivity index (χ4n) is 2.38. The van der Waals surface area contributed by atoms with Gasteiger partial charge in [0.05, 0.1) is 19.3 Å². The minimum Gasteiger partial charge on any atom is -0.394 e. The lowest BCUT2D eigenvalue weighted by atomic mass is 10.1. The van der Waals surface area contributed by atoms with Gasteiger partial charge in [0, 0.05) is 25.3 Å². The molecule has 4 nitrogen and oxygen atoms in total. The first-order valence-electron chi connectivity index (χ1n) is 6.60. The fraction of sp³-hybridized carbons (Fsp3) is 0.571. The van der Waals surface area contributed by atoms with Gasteiger partial charge in [0.1, 0.15) is 0 Å². The third-order valence-electron chi connectivity index (χ3n) is 3.40. The third-order valence-corrected chi connectivity index (χ3v) is 3.40. The predicted molar refractivity (Wildman–Crippen MR) is 72.6 cm³/mol. The highest BCUT2D eigenvalue weighted by molar-refractivity contribution is 5.49. The van der Waals surface area contributed by atoms with E-state index in [1.165, 1.54) is 11.3 Å². The third kappa shape index (κ3) is 3.45. The number of piperidine rings is 1. The van der Waals surface area contributed by atoms with Crippen molar-refractivity contribution in [1.29, 1.82) is 0 Å². The highest BCUT2D eigenvalue weighted by Gasteiger charge is 2.19. The van der Waals surface area contributed by atoms with Gasteiger partial charge in [0.15, 0.2) is 0 Å². The topological polar surface area (TPSA) is 58.7 Å². The number of nitrogens with two attached hydrogens (primary N) is 1. The quantitative estimate of drug-likeness (QED) is 0.822. The molecule has 0 aliphatic carbocycles. The van der Waals surface area contributed by atoms with Gasteiger partial charge in [0.2, 0.25) is 0 Å². The zero-order valence-electron chi connectivity index (χ0n) is 10.7. The lowest BCUT2D eigenvalue weighted by Crippen LogP contribution is -2.37. The highest BCUT2D eigenvalue weighted by Crippen LogP contribution is 2.22. The standard InChI is InChI=1S/C14H22N2O2/c15-11-12-2-1-3-13(10-12)16-6-4-14(5-7-16)18-9-8-17/h1-3,10,14,17H,4-9,11,15H2. The van der Waals surface area contributed by atoms with E-state index in [9.17, 15) is 0 Å². The molecule has 0 aromatic heterocycles. The van der Waals surface area contributed by atoms with E-state index in [1.54, 1.807) is 0 Å². The number of rotatable bonds is 5. The summed E-state index contributed by atoms with van der Waals surface area (Å²) in [5, 5.41) is 8.74. The molecule has 2 rings (SSSR count). The minimum atomic E-state index is 0.110. The first-order valence-corrected chi connectivity index (χ1v) is 6.60. The van der Waals surface area contributed by atoms with Crippen LogP contribution in [0.2, 0.25) is 0 Å². The number of hydrogen-bond donors (Lipinski definition) is 2. The number of ether oxygens (including phenoxy) is 1. The van der Waals surface area contributed by atoms with Crippen LogP contribution in [-0.4, -0.2) is 37.5 Å². The Morgan fingerprint density at radius 1 is 1.33 bits per heavy atom. The molecule has 1 aliphatic rings. The average Bonchev–Trinajstić information content (AvgIpc) is 2.46. The van der Waals surface area contributed by atoms with E-state index in [0.717, 1.165) is 25.9 Å². The van der Waals surface area contributed by atoms with E-state index in [0.29, 0.717) is 19.3 Å². The summed E-state index contributed by atoms with van der Waals surface area (Å²) in [5.41, 5.74) is 8.08. The summed E-state index contributed by atoms with van der Waals surface area (Å²) in [6, 6.07) is 8.41. The van der Waals surface area contributed by atoms with Gasteiger partial charge < -0.3 is 20.5 Å². The fourth-order valence-corrected chi connectivity index (χ4v) is 2.38. The van der Waals surface area contributed by atoms with Gasteiger partial charge in [-0.2, -0.15) is 0 Å². The molecule has 18 heavy (non-hydrogen) atoms. The van der Waals surface area contributed by atoms with Crippen LogP contribution in [0.4, 0.5) is 5.69 Å². The van der Waals surface area contributed by atoms with Crippen molar-refractivity contribution in [2.24, 2.45) is 5.73 Å². The lowest BCUT2D eigenvalue weighted by molar-refractivity contribution is 0.0159. The molecule has 1 fully saturated rings. The van der Waals surface area contributed by atoms with Crippen molar-refractivity contribution in [2.75, 3.05) is 31.2 Å². The minimum absolute atomic E-state index is 0.110. The Morgan fingerprint density at radius 3 is 2.78 bits per heavy atom. The molecule has 0 unspecified atom stereocenters. The maximum atomic E-state index is 8.74. The molecule has 0 atom stereocenters. The Balaban J connectivity index is 1.88. The van der Waals surface area contributed by atoms with Gasteiger partial charge in [0.25, 0.3) is 0 Å². The lowest BCUT2D eigenvalue weighted by Gasteiger charge is -2.33. The van der Waals surface area contributed by atoms with Crippen molar-refractivity contribution < 1.29 is 9.84 Å². The van der Waals surface area contributed by atoms with Gasteiger partial charge in [-0.25, -0.2) is 0 Å². The molecular weight excluding hydrogens is 228 g/mol. The van der Waals surface area contributed by atoms with Crippen LogP contribution < -0.4 is 10.6 Å². The smallest absolute Gasteiger partial charge is 0.0701 e. The van der Waals surface area contributed by atoms with Crippen LogP contribution in [0.25, 0.3) is 0 Å². The normalized spacial score (nSPS) is 17.1. The molecule has 0 amide bonds. The van der Waals surface area contributed by atoms with E-state index < -0.39 is 0 Å². The van der Waals surface area contributed by atoms with E-state index in [2.05, 4.69) is 29.2 Å². The molecule has 1 aliphatic heterocycles. The molecule has 1 aromatic carbocycles. The van der Waals surface area contributed by atoms with Gasteiger partial charge in [-0.1, -0.05) is 12.1 Å². The maximum absolute atomic E-state index is 8.74. The molecule has 3 N–H and O–H groups in total. The summed E-state index contributed by atoms with van der Waals surface area (Å²) < 4.78 is 5.56. The number of benzene rings is 1. The summed E-state index contributed by atoms with van der Waals surface area (Å²) in [4.78, 5) is 2.37. The maximum Gasteiger partial charge on any atom is 0.0701 e. The SMILES string of the molecule is NCc1cccc(N2CCC(OCCO)CC2)c1. The first-order chi connectivity index (χ1) is 8.83. The van der Waals surface area contributed by atoms with Gasteiger partial charge >= 0.3 is 0 Å². The van der Waals surface area contributed by atoms with Crippen LogP contribution in [0.1, 0.15) is 18.4 Å². The monoisotopic (exact) mass is 250 g/mol. The van der Waals surface area contributed by atoms with Crippen molar-refractivity contribution >= 4 is 5.69 Å². The molecule has 0 bridgehead atoms. The number of hydrogen-bond acceptors (Lipinski definition) is 4. The first kappa shape index (κ1) is 13.3. The van der Waals surface area contributed by atoms with Crippen molar-refractivity contribution in [3.8, 4) is 0 Å². The molecule has 4 heteroatoms. The van der Waals surface area contributed by atoms with Gasteiger partial charge in [-0.05, 0) is 30.5 Å². The van der Waals surface area contributed by atoms with Crippen molar-refractivity contribution in [2.45, 2.75) is 25.5 Å². The Hall–Kier alpha value is -1.10. The summed E-state index contributed by atoms with van der Waals surface area (Å²) in [5.74, 6) is 0. The number of anilines is 1. The van der Waals surface area contributed by atoms with E-state index >= 15 is 0 Å². The van der Waals surface area contributed by atoms with Crippen LogP contribution >= 0.6 is 0 Å². The van der Waals surface area contributed by atoms with Gasteiger partial charge in [-0.15, -0.1) is 0 Å². The molecular formula is C14H22N2O2. The van der Waals surface area contributed by atoms with Crippen LogP contribution in [0.15, 0.2) is 24.3 Å². The van der Waals surface area contributed by atoms with Gasteiger partial charge in [-0.3, -0.25) is 0 Å². The van der Waals surface area contributed by atoms with Crippen LogP contribution in [0.5, 0.6) is 0 Å². The summed E-state index contributed by atoms with van der Waals surface area (Å²) in [6.07, 6.45) is 2.34. The molecule has 0 saturated carbocycles. The summed E-state index contributed by atoms with van der Waals surface area (Å²) >= 11 is 0. The Kier molecular flexibility index (Phi) is 4.99. The average molecular weight is 250 g/mol. The highest BCUT2D eigenvalue weighted by atomic mass is 16.5. The molecule has 0 spiro atoms.